The molecular formula is C9H14Pt. The molecule has 0 heterocycles. The standard InChI is InChI=1S/C5H5.C4H9.Pt/c1-2-4-5-3-1;1-4(2)3;/h1-3H,4H2;1-3H3;/q2*-1;+2. The fraction of sp³-hybridized carbons (Fsp3) is 0.444. The Morgan fingerprint density at radius 1 is 1.30 bits per heavy atom. The second-order valence-corrected chi connectivity index (χ2v) is 2.50. The Kier molecular flexibility index (Phi) is 11.7. The SMILES string of the molecule is C[C-](C)C.[C-]1=CC=CC1.[Pt+2]. The van der Waals surface area contributed by atoms with E-state index in [1.54, 1.807) is 0 Å². The van der Waals surface area contributed by atoms with E-state index in [0.29, 0.717) is 0 Å². The summed E-state index contributed by atoms with van der Waals surface area (Å²) >= 11 is 0. The summed E-state index contributed by atoms with van der Waals surface area (Å²) in [6.45, 7) is 6.25. The summed E-state index contributed by atoms with van der Waals surface area (Å²) in [6, 6.07) is 0. The van der Waals surface area contributed by atoms with E-state index in [2.05, 4.69) is 32.9 Å². The van der Waals surface area contributed by atoms with Crippen LogP contribution in [0.1, 0.15) is 27.2 Å². The number of allylic oxidation sites excluding steroid dienone is 4. The van der Waals surface area contributed by atoms with Crippen LogP contribution in [-0.4, -0.2) is 0 Å². The van der Waals surface area contributed by atoms with Gasteiger partial charge in [0.2, 0.25) is 0 Å². The number of hydrogen-bond acceptors (Lipinski definition) is 0. The summed E-state index contributed by atoms with van der Waals surface area (Å²) in [4.78, 5) is 0. The smallest absolute Gasteiger partial charge is 0.323 e. The predicted molar refractivity (Wildman–Crippen MR) is 41.8 cm³/mol. The van der Waals surface area contributed by atoms with Crippen LogP contribution in [0, 0.1) is 12.0 Å². The average molecular weight is 317 g/mol. The monoisotopic (exact) mass is 317 g/mol. The van der Waals surface area contributed by atoms with Gasteiger partial charge in [-0.05, 0) is 0 Å². The molecule has 0 aromatic rings. The van der Waals surface area contributed by atoms with E-state index in [-0.39, 0.29) is 21.1 Å². The molecule has 1 heteroatoms. The zero-order valence-electron chi connectivity index (χ0n) is 6.76. The van der Waals surface area contributed by atoms with Gasteiger partial charge in [-0.3, -0.25) is 6.08 Å². The van der Waals surface area contributed by atoms with Crippen LogP contribution in [0.5, 0.6) is 0 Å². The van der Waals surface area contributed by atoms with Crippen LogP contribution >= 0.6 is 0 Å². The molecule has 0 saturated heterocycles. The first kappa shape index (κ1) is 12.8. The maximum Gasteiger partial charge on any atom is 2.00 e. The van der Waals surface area contributed by atoms with Crippen LogP contribution in [0.4, 0.5) is 0 Å². The minimum atomic E-state index is 0. The van der Waals surface area contributed by atoms with Crippen molar-refractivity contribution in [1.29, 1.82) is 0 Å². The van der Waals surface area contributed by atoms with Gasteiger partial charge in [0.15, 0.2) is 0 Å². The molecule has 60 valence electrons. The summed E-state index contributed by atoms with van der Waals surface area (Å²) in [7, 11) is 0. The normalized spacial score (nSPS) is 12.4. The van der Waals surface area contributed by atoms with E-state index in [4.69, 9.17) is 0 Å². The quantitative estimate of drug-likeness (QED) is 0.603. The number of hydrogen-bond donors (Lipinski definition) is 0. The van der Waals surface area contributed by atoms with Crippen LogP contribution in [0.2, 0.25) is 0 Å². The predicted octanol–water partition coefficient (Wildman–Crippen LogP) is 2.92. The van der Waals surface area contributed by atoms with Crippen molar-refractivity contribution >= 4 is 0 Å². The van der Waals surface area contributed by atoms with Gasteiger partial charge in [0.25, 0.3) is 0 Å². The topological polar surface area (TPSA) is 0 Å². The molecule has 0 aromatic heterocycles. The fourth-order valence-electron chi connectivity index (χ4n) is 0.340. The van der Waals surface area contributed by atoms with Crippen LogP contribution in [0.3, 0.4) is 0 Å². The Morgan fingerprint density at radius 3 is 1.90 bits per heavy atom. The van der Waals surface area contributed by atoms with Gasteiger partial charge in [-0.1, -0.05) is 0 Å². The molecule has 0 spiro atoms. The van der Waals surface area contributed by atoms with Gasteiger partial charge in [-0.2, -0.15) is 26.8 Å². The molecule has 0 nitrogen and oxygen atoms in total. The van der Waals surface area contributed by atoms with Gasteiger partial charge < -0.3 is 5.92 Å². The van der Waals surface area contributed by atoms with Crippen molar-refractivity contribution in [2.24, 2.45) is 0 Å². The van der Waals surface area contributed by atoms with Crippen molar-refractivity contribution in [3.05, 3.63) is 30.2 Å². The molecule has 0 fully saturated rings. The van der Waals surface area contributed by atoms with Crippen molar-refractivity contribution < 1.29 is 21.1 Å². The van der Waals surface area contributed by atoms with Gasteiger partial charge in [-0.25, -0.2) is 12.2 Å². The second kappa shape index (κ2) is 9.17. The minimum Gasteiger partial charge on any atom is -0.323 e. The molecule has 0 bridgehead atoms. The fourth-order valence-corrected chi connectivity index (χ4v) is 0.340. The van der Waals surface area contributed by atoms with E-state index in [1.165, 1.54) is 5.92 Å². The maximum absolute atomic E-state index is 2.99. The summed E-state index contributed by atoms with van der Waals surface area (Å²) < 4.78 is 0. The first-order valence-corrected chi connectivity index (χ1v) is 3.22. The Bertz CT molecular complexity index is 88.5. The van der Waals surface area contributed by atoms with Crippen molar-refractivity contribution in [1.82, 2.24) is 0 Å². The van der Waals surface area contributed by atoms with E-state index >= 15 is 0 Å². The molecule has 0 unspecified atom stereocenters. The van der Waals surface area contributed by atoms with Crippen molar-refractivity contribution in [2.75, 3.05) is 0 Å². The zero-order chi connectivity index (χ0) is 7.11. The Hall–Kier alpha value is 0.168. The first-order chi connectivity index (χ1) is 4.23. The van der Waals surface area contributed by atoms with Crippen LogP contribution in [0.15, 0.2) is 18.2 Å². The molecule has 0 aromatic carbocycles. The van der Waals surface area contributed by atoms with Crippen LogP contribution < -0.4 is 0 Å². The largest absolute Gasteiger partial charge is 2.00 e. The van der Waals surface area contributed by atoms with Crippen molar-refractivity contribution in [2.45, 2.75) is 27.2 Å². The molecule has 0 aliphatic heterocycles. The van der Waals surface area contributed by atoms with Gasteiger partial charge in [0.1, 0.15) is 0 Å². The summed E-state index contributed by atoms with van der Waals surface area (Å²) in [5.41, 5.74) is 0. The molecule has 0 N–H and O–H groups in total. The first-order valence-electron chi connectivity index (χ1n) is 3.22. The third kappa shape index (κ3) is 15.7. The zero-order valence-corrected chi connectivity index (χ0v) is 9.03. The summed E-state index contributed by atoms with van der Waals surface area (Å²) in [5.74, 6) is 1.42. The average Bonchev–Trinajstić information content (AvgIpc) is 2.11. The molecule has 0 amide bonds. The molecule has 1 aliphatic rings. The van der Waals surface area contributed by atoms with Crippen LogP contribution in [0.25, 0.3) is 0 Å². The third-order valence-corrected chi connectivity index (χ3v) is 0.586. The van der Waals surface area contributed by atoms with Crippen molar-refractivity contribution in [3.8, 4) is 0 Å². The van der Waals surface area contributed by atoms with Crippen molar-refractivity contribution in [3.63, 3.8) is 0 Å². The van der Waals surface area contributed by atoms with Gasteiger partial charge in [-0.15, -0.1) is 6.42 Å². The summed E-state index contributed by atoms with van der Waals surface area (Å²) in [5, 5.41) is 0. The molecule has 0 atom stereocenters. The molecule has 1 rings (SSSR count). The Balaban J connectivity index is 0. The molecule has 0 saturated carbocycles. The van der Waals surface area contributed by atoms with Gasteiger partial charge >= 0.3 is 21.1 Å². The Morgan fingerprint density at radius 2 is 1.80 bits per heavy atom. The second-order valence-electron chi connectivity index (χ2n) is 2.50. The maximum atomic E-state index is 2.99. The molecule has 1 aliphatic carbocycles. The molecule has 0 radical (unpaired) electrons. The summed E-state index contributed by atoms with van der Waals surface area (Å²) in [6.07, 6.45) is 10.0. The van der Waals surface area contributed by atoms with Gasteiger partial charge in [0.05, 0.1) is 0 Å². The van der Waals surface area contributed by atoms with E-state index in [9.17, 15) is 0 Å². The molecular weight excluding hydrogens is 303 g/mol. The number of rotatable bonds is 0. The van der Waals surface area contributed by atoms with Gasteiger partial charge in [0, 0.05) is 0 Å². The van der Waals surface area contributed by atoms with E-state index in [1.807, 2.05) is 12.2 Å². The molecule has 10 heavy (non-hydrogen) atoms. The van der Waals surface area contributed by atoms with E-state index < -0.39 is 0 Å². The van der Waals surface area contributed by atoms with E-state index in [0.717, 1.165) is 6.42 Å². The Labute approximate surface area is 78.7 Å². The van der Waals surface area contributed by atoms with Crippen LogP contribution in [-0.2, 0) is 21.1 Å². The minimum absolute atomic E-state index is 0. The third-order valence-electron chi connectivity index (χ3n) is 0.586.